The highest BCUT2D eigenvalue weighted by Gasteiger charge is 2.49. The van der Waals surface area contributed by atoms with Gasteiger partial charge in [-0.1, -0.05) is 95.5 Å². The van der Waals surface area contributed by atoms with E-state index in [4.69, 9.17) is 39.5 Å². The van der Waals surface area contributed by atoms with Gasteiger partial charge in [-0.15, -0.1) is 0 Å². The zero-order valence-corrected chi connectivity index (χ0v) is 19.1. The Morgan fingerprint density at radius 1 is 0.867 bits per heavy atom. The summed E-state index contributed by atoms with van der Waals surface area (Å²) in [5.74, 6) is -1.21. The van der Waals surface area contributed by atoms with Crippen molar-refractivity contribution in [3.63, 3.8) is 0 Å². The van der Waals surface area contributed by atoms with Gasteiger partial charge in [0.1, 0.15) is 11.5 Å². The first-order valence-electron chi connectivity index (χ1n) is 8.99. The quantitative estimate of drug-likeness (QED) is 0.391. The van der Waals surface area contributed by atoms with Crippen LogP contribution in [0.25, 0.3) is 0 Å². The van der Waals surface area contributed by atoms with Crippen molar-refractivity contribution >= 4 is 58.5 Å². The summed E-state index contributed by atoms with van der Waals surface area (Å²) >= 11 is 18.9. The minimum atomic E-state index is -3.60. The first kappa shape index (κ1) is 22.7. The van der Waals surface area contributed by atoms with E-state index < -0.39 is 22.6 Å². The van der Waals surface area contributed by atoms with Crippen LogP contribution in [-0.4, -0.2) is 22.6 Å². The highest BCUT2D eigenvalue weighted by Crippen LogP contribution is 2.55. The van der Waals surface area contributed by atoms with Crippen molar-refractivity contribution in [2.24, 2.45) is 0 Å². The number of alkyl halides is 3. The molecule has 0 saturated carbocycles. The number of carbonyl (C=O) groups excluding carboxylic acids is 1. The van der Waals surface area contributed by atoms with Gasteiger partial charge in [-0.2, -0.15) is 0 Å². The largest absolute Gasteiger partial charge is 0.497 e. The molecule has 1 atom stereocenters. The van der Waals surface area contributed by atoms with E-state index in [-0.39, 0.29) is 0 Å². The average Bonchev–Trinajstić information content (AvgIpc) is 2.77. The molecule has 0 aliphatic carbocycles. The van der Waals surface area contributed by atoms with E-state index in [2.05, 4.69) is 5.32 Å². The molecule has 1 N–H and O–H groups in total. The van der Waals surface area contributed by atoms with Crippen LogP contribution >= 0.6 is 41.9 Å². The fraction of sp³-hybridized carbons (Fsp3) is 0.136. The molecule has 0 saturated heterocycles. The zero-order chi connectivity index (χ0) is 21.8. The van der Waals surface area contributed by atoms with E-state index in [1.807, 2.05) is 0 Å². The molecule has 156 valence electrons. The van der Waals surface area contributed by atoms with Crippen molar-refractivity contribution in [1.82, 2.24) is 5.32 Å². The van der Waals surface area contributed by atoms with Crippen LogP contribution in [0.2, 0.25) is 0 Å². The van der Waals surface area contributed by atoms with Gasteiger partial charge in [0, 0.05) is 16.2 Å². The lowest BCUT2D eigenvalue weighted by Crippen LogP contribution is -2.47. The summed E-state index contributed by atoms with van der Waals surface area (Å²) in [6, 6.07) is 23.9. The van der Waals surface area contributed by atoms with Crippen LogP contribution < -0.4 is 20.7 Å². The number of halogens is 3. The van der Waals surface area contributed by atoms with Crippen LogP contribution in [0.1, 0.15) is 10.4 Å². The molecule has 3 rings (SSSR count). The average molecular weight is 483 g/mol. The third-order valence-electron chi connectivity index (χ3n) is 4.57. The molecule has 3 aromatic rings. The number of hydrogen-bond acceptors (Lipinski definition) is 3. The number of nitrogens with one attached hydrogen (secondary N) is 1. The number of methoxy groups -OCH3 is 1. The van der Waals surface area contributed by atoms with Crippen molar-refractivity contribution < 1.29 is 14.1 Å². The molecular formula is C22H19Cl3NO3P. The maximum Gasteiger partial charge on any atom is 0.252 e. The molecule has 0 radical (unpaired) electrons. The highest BCUT2D eigenvalue weighted by molar-refractivity contribution is 7.79. The number of amides is 1. The van der Waals surface area contributed by atoms with Crippen LogP contribution in [0.4, 0.5) is 0 Å². The van der Waals surface area contributed by atoms with Gasteiger partial charge in [0.15, 0.2) is 7.14 Å². The Bertz CT molecular complexity index is 995. The molecule has 8 heteroatoms. The summed E-state index contributed by atoms with van der Waals surface area (Å²) in [7, 11) is -2.07. The van der Waals surface area contributed by atoms with E-state index in [1.54, 1.807) is 84.9 Å². The standard InChI is InChI=1S/C22H19Cl3NO3P/c1-29-17-14-12-16(13-15-17)20(27)26-21(22(23,24)25)30(28,18-8-4-2-5-9-18)19-10-6-3-7-11-19/h2-15,21H,1H3,(H,26,27)/t21-/m1/s1. The molecule has 0 spiro atoms. The van der Waals surface area contributed by atoms with Crippen molar-refractivity contribution in [2.75, 3.05) is 7.11 Å². The first-order chi connectivity index (χ1) is 14.3. The molecule has 1 amide bonds. The second kappa shape index (κ2) is 9.45. The highest BCUT2D eigenvalue weighted by atomic mass is 35.6. The van der Waals surface area contributed by atoms with Gasteiger partial charge >= 0.3 is 0 Å². The lowest BCUT2D eigenvalue weighted by Gasteiger charge is -2.34. The molecule has 4 nitrogen and oxygen atoms in total. The minimum absolute atomic E-state index is 0.322. The molecule has 0 bridgehead atoms. The van der Waals surface area contributed by atoms with Crippen molar-refractivity contribution in [1.29, 1.82) is 0 Å². The van der Waals surface area contributed by atoms with Gasteiger partial charge in [-0.25, -0.2) is 0 Å². The fourth-order valence-electron chi connectivity index (χ4n) is 3.07. The number of hydrogen-bond donors (Lipinski definition) is 1. The molecule has 0 aliphatic rings. The molecule has 0 unspecified atom stereocenters. The zero-order valence-electron chi connectivity index (χ0n) is 16.0. The Labute approximate surface area is 190 Å². The van der Waals surface area contributed by atoms with Crippen molar-refractivity contribution in [3.8, 4) is 5.75 Å². The van der Waals surface area contributed by atoms with Crippen LogP contribution in [-0.2, 0) is 4.57 Å². The molecule has 0 fully saturated rings. The number of ether oxygens (including phenoxy) is 1. The Morgan fingerprint density at radius 3 is 1.73 bits per heavy atom. The summed E-state index contributed by atoms with van der Waals surface area (Å²) in [6.45, 7) is 0. The van der Waals surface area contributed by atoms with Crippen LogP contribution in [0, 0.1) is 0 Å². The molecule has 0 aliphatic heterocycles. The van der Waals surface area contributed by atoms with E-state index in [1.165, 1.54) is 7.11 Å². The maximum absolute atomic E-state index is 14.5. The summed E-state index contributed by atoms with van der Waals surface area (Å²) in [5, 5.41) is 3.66. The van der Waals surface area contributed by atoms with Crippen LogP contribution in [0.15, 0.2) is 84.9 Å². The van der Waals surface area contributed by atoms with E-state index in [0.29, 0.717) is 21.9 Å². The van der Waals surface area contributed by atoms with E-state index >= 15 is 0 Å². The molecule has 30 heavy (non-hydrogen) atoms. The predicted octanol–water partition coefficient (Wildman–Crippen LogP) is 5.14. The summed E-state index contributed by atoms with van der Waals surface area (Å²) in [6.07, 6.45) is 0. The third kappa shape index (κ3) is 4.84. The Kier molecular flexibility index (Phi) is 7.15. The number of carbonyl (C=O) groups is 1. The maximum atomic E-state index is 14.5. The van der Waals surface area contributed by atoms with E-state index in [9.17, 15) is 9.36 Å². The Hall–Kier alpha value is -1.97. The minimum Gasteiger partial charge on any atom is -0.497 e. The molecule has 0 heterocycles. The summed E-state index contributed by atoms with van der Waals surface area (Å²) in [5.41, 5.74) is 0.322. The number of benzene rings is 3. The SMILES string of the molecule is COc1ccc(C(=O)N[C@@H](C(Cl)(Cl)Cl)P(=O)(c2ccccc2)c2ccccc2)cc1. The predicted molar refractivity (Wildman–Crippen MR) is 124 cm³/mol. The van der Waals surface area contributed by atoms with Gasteiger partial charge in [0.25, 0.3) is 5.91 Å². The first-order valence-corrected chi connectivity index (χ1v) is 11.9. The lowest BCUT2D eigenvalue weighted by molar-refractivity contribution is 0.0948. The van der Waals surface area contributed by atoms with Gasteiger partial charge in [0.2, 0.25) is 3.79 Å². The van der Waals surface area contributed by atoms with Crippen molar-refractivity contribution in [2.45, 2.75) is 9.58 Å². The Morgan fingerprint density at radius 2 is 1.33 bits per heavy atom. The molecule has 3 aromatic carbocycles. The lowest BCUT2D eigenvalue weighted by atomic mass is 10.2. The van der Waals surface area contributed by atoms with E-state index in [0.717, 1.165) is 0 Å². The second-order valence-corrected chi connectivity index (χ2v) is 11.7. The fourth-order valence-corrected chi connectivity index (χ4v) is 7.31. The van der Waals surface area contributed by atoms with Gasteiger partial charge < -0.3 is 14.6 Å². The smallest absolute Gasteiger partial charge is 0.252 e. The summed E-state index contributed by atoms with van der Waals surface area (Å²) in [4.78, 5) is 13.0. The van der Waals surface area contributed by atoms with Gasteiger partial charge in [0.05, 0.1) is 7.11 Å². The third-order valence-corrected chi connectivity index (χ3v) is 9.06. The normalized spacial score (nSPS) is 12.8. The van der Waals surface area contributed by atoms with Crippen LogP contribution in [0.5, 0.6) is 5.75 Å². The van der Waals surface area contributed by atoms with Gasteiger partial charge in [-0.3, -0.25) is 4.79 Å². The number of rotatable bonds is 6. The molecular weight excluding hydrogens is 464 g/mol. The van der Waals surface area contributed by atoms with Crippen LogP contribution in [0.3, 0.4) is 0 Å². The topological polar surface area (TPSA) is 55.4 Å². The monoisotopic (exact) mass is 481 g/mol. The molecule has 0 aromatic heterocycles. The Balaban J connectivity index is 2.09. The van der Waals surface area contributed by atoms with Crippen molar-refractivity contribution in [3.05, 3.63) is 90.5 Å². The second-order valence-electron chi connectivity index (χ2n) is 6.48. The van der Waals surface area contributed by atoms with Gasteiger partial charge in [-0.05, 0) is 24.3 Å². The summed E-state index contributed by atoms with van der Waals surface area (Å²) < 4.78 is 17.6.